The monoisotopic (exact) mass is 490 g/mol. The zero-order valence-corrected chi connectivity index (χ0v) is 19.9. The first-order valence-corrected chi connectivity index (χ1v) is 12.4. The molecule has 0 atom stereocenters. The third kappa shape index (κ3) is 4.53. The van der Waals surface area contributed by atoms with Crippen molar-refractivity contribution in [2.45, 2.75) is 24.7 Å². The topological polar surface area (TPSA) is 75.5 Å². The summed E-state index contributed by atoms with van der Waals surface area (Å²) in [4.78, 5) is 14.6. The number of rotatable bonds is 5. The van der Waals surface area contributed by atoms with Gasteiger partial charge in [0.1, 0.15) is 10.7 Å². The van der Waals surface area contributed by atoms with Gasteiger partial charge in [-0.25, -0.2) is 17.5 Å². The molecule has 0 spiro atoms. The van der Waals surface area contributed by atoms with E-state index in [-0.39, 0.29) is 42.9 Å². The standard InChI is InChI=1S/C23H24ClFN4O3S/c1-16(2)22-19(15-26-29(22)18-7-5-6-17(24)14-18)23(30)27-10-12-28(13-11-27)33(31,32)21-9-4-3-8-20(21)25/h3-9,14-16H,10-13H2,1-2H3. The van der Waals surface area contributed by atoms with Crippen LogP contribution in [0, 0.1) is 5.82 Å². The van der Waals surface area contributed by atoms with E-state index in [1.165, 1.54) is 22.5 Å². The molecule has 0 saturated carbocycles. The summed E-state index contributed by atoms with van der Waals surface area (Å²) in [6.45, 7) is 4.53. The molecule has 7 nitrogen and oxygen atoms in total. The number of nitrogens with zero attached hydrogens (tertiary/aromatic N) is 4. The summed E-state index contributed by atoms with van der Waals surface area (Å²) in [6, 6.07) is 12.5. The molecule has 3 aromatic rings. The van der Waals surface area contributed by atoms with Gasteiger partial charge in [0, 0.05) is 31.2 Å². The molecule has 1 aromatic heterocycles. The minimum Gasteiger partial charge on any atom is -0.336 e. The second-order valence-electron chi connectivity index (χ2n) is 8.12. The third-order valence-electron chi connectivity index (χ3n) is 5.62. The van der Waals surface area contributed by atoms with Crippen LogP contribution in [0.4, 0.5) is 4.39 Å². The van der Waals surface area contributed by atoms with Crippen LogP contribution in [0.15, 0.2) is 59.6 Å². The summed E-state index contributed by atoms with van der Waals surface area (Å²) >= 11 is 6.13. The lowest BCUT2D eigenvalue weighted by Gasteiger charge is -2.34. The molecule has 0 radical (unpaired) electrons. The van der Waals surface area contributed by atoms with Crippen molar-refractivity contribution < 1.29 is 17.6 Å². The van der Waals surface area contributed by atoms with Crippen LogP contribution in [-0.4, -0.2) is 59.5 Å². The van der Waals surface area contributed by atoms with Gasteiger partial charge in [0.05, 0.1) is 23.1 Å². The van der Waals surface area contributed by atoms with Gasteiger partial charge in [0.15, 0.2) is 0 Å². The summed E-state index contributed by atoms with van der Waals surface area (Å²) in [5.41, 5.74) is 1.98. The molecule has 4 rings (SSSR count). The highest BCUT2D eigenvalue weighted by atomic mass is 35.5. The van der Waals surface area contributed by atoms with E-state index in [9.17, 15) is 17.6 Å². The van der Waals surface area contributed by atoms with Crippen molar-refractivity contribution in [2.75, 3.05) is 26.2 Å². The Balaban J connectivity index is 1.54. The van der Waals surface area contributed by atoms with Gasteiger partial charge in [0.25, 0.3) is 5.91 Å². The minimum absolute atomic E-state index is 0.00755. The molecule has 10 heteroatoms. The van der Waals surface area contributed by atoms with Crippen LogP contribution in [-0.2, 0) is 10.0 Å². The van der Waals surface area contributed by atoms with Gasteiger partial charge in [0.2, 0.25) is 10.0 Å². The normalized spacial score (nSPS) is 15.2. The number of carbonyl (C=O) groups excluding carboxylic acids is 1. The average molecular weight is 491 g/mol. The molecule has 1 saturated heterocycles. The van der Waals surface area contributed by atoms with E-state index in [4.69, 9.17) is 11.6 Å². The van der Waals surface area contributed by atoms with Crippen molar-refractivity contribution in [1.82, 2.24) is 19.0 Å². The molecule has 0 aliphatic carbocycles. The van der Waals surface area contributed by atoms with Gasteiger partial charge in [-0.1, -0.05) is 43.6 Å². The average Bonchev–Trinajstić information content (AvgIpc) is 3.24. The molecule has 1 fully saturated rings. The Morgan fingerprint density at radius 1 is 1.06 bits per heavy atom. The molecule has 0 N–H and O–H groups in total. The Hall–Kier alpha value is -2.75. The molecule has 1 aliphatic rings. The fourth-order valence-corrected chi connectivity index (χ4v) is 5.66. The van der Waals surface area contributed by atoms with Gasteiger partial charge >= 0.3 is 0 Å². The highest BCUT2D eigenvalue weighted by Gasteiger charge is 2.33. The largest absolute Gasteiger partial charge is 0.336 e. The number of piperazine rings is 1. The number of aromatic nitrogens is 2. The molecule has 2 heterocycles. The van der Waals surface area contributed by atoms with Crippen molar-refractivity contribution in [3.05, 3.63) is 76.8 Å². The first-order valence-electron chi connectivity index (χ1n) is 10.6. The minimum atomic E-state index is -3.97. The summed E-state index contributed by atoms with van der Waals surface area (Å²) in [6.07, 6.45) is 1.54. The fraction of sp³-hybridized carbons (Fsp3) is 0.304. The summed E-state index contributed by atoms with van der Waals surface area (Å²) in [7, 11) is -3.97. The van der Waals surface area contributed by atoms with Crippen LogP contribution < -0.4 is 0 Å². The lowest BCUT2D eigenvalue weighted by molar-refractivity contribution is 0.0696. The van der Waals surface area contributed by atoms with Crippen LogP contribution in [0.1, 0.15) is 35.8 Å². The Bertz CT molecular complexity index is 1280. The van der Waals surface area contributed by atoms with Gasteiger partial charge in [-0.3, -0.25) is 4.79 Å². The molecule has 33 heavy (non-hydrogen) atoms. The molecule has 0 bridgehead atoms. The second-order valence-corrected chi connectivity index (χ2v) is 10.5. The van der Waals surface area contributed by atoms with Crippen LogP contribution in [0.5, 0.6) is 0 Å². The number of sulfonamides is 1. The Kier molecular flexibility index (Phi) is 6.56. The van der Waals surface area contributed by atoms with E-state index in [0.717, 1.165) is 17.4 Å². The van der Waals surface area contributed by atoms with E-state index in [1.54, 1.807) is 27.9 Å². The third-order valence-corrected chi connectivity index (χ3v) is 7.78. The van der Waals surface area contributed by atoms with Gasteiger partial charge in [-0.15, -0.1) is 0 Å². The van der Waals surface area contributed by atoms with Crippen molar-refractivity contribution in [1.29, 1.82) is 0 Å². The van der Waals surface area contributed by atoms with E-state index >= 15 is 0 Å². The molecular weight excluding hydrogens is 467 g/mol. The summed E-state index contributed by atoms with van der Waals surface area (Å²) in [5.74, 6) is -0.992. The quantitative estimate of drug-likeness (QED) is 0.543. The van der Waals surface area contributed by atoms with Crippen molar-refractivity contribution in [2.24, 2.45) is 0 Å². The maximum atomic E-state index is 14.1. The highest BCUT2D eigenvalue weighted by molar-refractivity contribution is 7.89. The van der Waals surface area contributed by atoms with Crippen LogP contribution in [0.3, 0.4) is 0 Å². The number of hydrogen-bond donors (Lipinski definition) is 0. The fourth-order valence-electron chi connectivity index (χ4n) is 3.99. The summed E-state index contributed by atoms with van der Waals surface area (Å²) in [5, 5.41) is 5.00. The number of benzene rings is 2. The highest BCUT2D eigenvalue weighted by Crippen LogP contribution is 2.26. The molecule has 0 unspecified atom stereocenters. The number of halogens is 2. The van der Waals surface area contributed by atoms with E-state index in [2.05, 4.69) is 5.10 Å². The zero-order valence-electron chi connectivity index (χ0n) is 18.3. The molecule has 2 aromatic carbocycles. The molecule has 1 amide bonds. The molecular formula is C23H24ClFN4O3S. The van der Waals surface area contributed by atoms with E-state index in [0.29, 0.717) is 10.6 Å². The van der Waals surface area contributed by atoms with Crippen LogP contribution in [0.25, 0.3) is 5.69 Å². The molecule has 174 valence electrons. The van der Waals surface area contributed by atoms with E-state index in [1.807, 2.05) is 26.0 Å². The van der Waals surface area contributed by atoms with Crippen LogP contribution >= 0.6 is 11.6 Å². The lowest BCUT2D eigenvalue weighted by atomic mass is 10.0. The van der Waals surface area contributed by atoms with E-state index < -0.39 is 15.8 Å². The Labute approximate surface area is 197 Å². The smallest absolute Gasteiger partial charge is 0.257 e. The van der Waals surface area contributed by atoms with Crippen molar-refractivity contribution in [3.63, 3.8) is 0 Å². The van der Waals surface area contributed by atoms with Gasteiger partial charge in [-0.05, 0) is 36.2 Å². The predicted molar refractivity (Wildman–Crippen MR) is 124 cm³/mol. The SMILES string of the molecule is CC(C)c1c(C(=O)N2CCN(S(=O)(=O)c3ccccc3F)CC2)cnn1-c1cccc(Cl)c1. The van der Waals surface area contributed by atoms with Gasteiger partial charge < -0.3 is 4.90 Å². The second kappa shape index (κ2) is 9.24. The Morgan fingerprint density at radius 2 is 1.76 bits per heavy atom. The maximum absolute atomic E-state index is 14.1. The number of amides is 1. The lowest BCUT2D eigenvalue weighted by Crippen LogP contribution is -2.50. The van der Waals surface area contributed by atoms with Crippen LogP contribution in [0.2, 0.25) is 5.02 Å². The summed E-state index contributed by atoms with van der Waals surface area (Å²) < 4.78 is 42.7. The first-order chi connectivity index (χ1) is 15.7. The predicted octanol–water partition coefficient (Wildman–Crippen LogP) is 3.93. The first kappa shape index (κ1) is 23.4. The van der Waals surface area contributed by atoms with Crippen molar-refractivity contribution in [3.8, 4) is 5.69 Å². The zero-order chi connectivity index (χ0) is 23.8. The number of carbonyl (C=O) groups is 1. The number of hydrogen-bond acceptors (Lipinski definition) is 4. The van der Waals surface area contributed by atoms with Gasteiger partial charge in [-0.2, -0.15) is 9.40 Å². The maximum Gasteiger partial charge on any atom is 0.257 e. The molecule has 1 aliphatic heterocycles. The van der Waals surface area contributed by atoms with Crippen molar-refractivity contribution >= 4 is 27.5 Å². The Morgan fingerprint density at radius 3 is 2.39 bits per heavy atom.